The van der Waals surface area contributed by atoms with E-state index in [0.29, 0.717) is 32.7 Å². The van der Waals surface area contributed by atoms with E-state index in [-0.39, 0.29) is 30.3 Å². The van der Waals surface area contributed by atoms with Crippen molar-refractivity contribution >= 4 is 24.2 Å². The molecule has 6 nitrogen and oxygen atoms in total. The van der Waals surface area contributed by atoms with Gasteiger partial charge in [0.15, 0.2) is 0 Å². The van der Waals surface area contributed by atoms with Gasteiger partial charge in [-0.25, -0.2) is 0 Å². The van der Waals surface area contributed by atoms with Crippen molar-refractivity contribution in [3.8, 4) is 0 Å². The van der Waals surface area contributed by atoms with E-state index in [9.17, 15) is 9.59 Å². The van der Waals surface area contributed by atoms with Crippen molar-refractivity contribution in [2.75, 3.05) is 45.9 Å². The Morgan fingerprint density at radius 3 is 2.95 bits per heavy atom. The number of ether oxygens (including phenoxy) is 1. The van der Waals surface area contributed by atoms with Crippen molar-refractivity contribution in [2.45, 2.75) is 32.2 Å². The lowest BCUT2D eigenvalue weighted by Crippen LogP contribution is -2.57. The lowest BCUT2D eigenvalue weighted by atomic mass is 10.0. The Hall–Kier alpha value is -0.850. The molecule has 0 aliphatic carbocycles. The molecule has 7 heteroatoms. The molecule has 0 bridgehead atoms. The highest BCUT2D eigenvalue weighted by molar-refractivity contribution is 5.85. The molecule has 2 saturated heterocycles. The second-order valence-corrected chi connectivity index (χ2v) is 5.35. The predicted molar refractivity (Wildman–Crippen MR) is 82.5 cm³/mol. The normalized spacial score (nSPS) is 22.9. The average molecular weight is 320 g/mol. The lowest BCUT2D eigenvalue weighted by molar-refractivity contribution is -0.141. The number of hydrogen-bond acceptors (Lipinski definition) is 4. The number of nitrogens with one attached hydrogen (secondary N) is 1. The van der Waals surface area contributed by atoms with E-state index in [1.54, 1.807) is 0 Å². The maximum absolute atomic E-state index is 12.1. The third-order valence-corrected chi connectivity index (χ3v) is 3.98. The molecule has 0 spiro atoms. The molecule has 2 fully saturated rings. The van der Waals surface area contributed by atoms with Gasteiger partial charge in [0, 0.05) is 38.8 Å². The topological polar surface area (TPSA) is 61.9 Å². The minimum absolute atomic E-state index is 0. The molecule has 2 amide bonds. The van der Waals surface area contributed by atoms with Crippen LogP contribution in [-0.2, 0) is 14.3 Å². The third-order valence-electron chi connectivity index (χ3n) is 3.98. The fraction of sp³-hybridized carbons (Fsp3) is 0.857. The van der Waals surface area contributed by atoms with Crippen LogP contribution >= 0.6 is 12.4 Å². The summed E-state index contributed by atoms with van der Waals surface area (Å²) < 4.78 is 5.23. The van der Waals surface area contributed by atoms with Gasteiger partial charge in [-0.15, -0.1) is 12.4 Å². The molecule has 2 heterocycles. The number of nitrogens with zero attached hydrogens (tertiary/aromatic N) is 2. The SMILES string of the molecule is CCOCCC(=O)N1CCCC(N2CCNCC2=O)C1.Cl. The second-order valence-electron chi connectivity index (χ2n) is 5.35. The fourth-order valence-electron chi connectivity index (χ4n) is 2.90. The average Bonchev–Trinajstić information content (AvgIpc) is 2.48. The Balaban J connectivity index is 0.00000220. The first-order valence-electron chi connectivity index (χ1n) is 7.58. The van der Waals surface area contributed by atoms with Crippen LogP contribution in [0.3, 0.4) is 0 Å². The zero-order valence-corrected chi connectivity index (χ0v) is 13.5. The number of hydrogen-bond donors (Lipinski definition) is 1. The highest BCUT2D eigenvalue weighted by Gasteiger charge is 2.31. The van der Waals surface area contributed by atoms with Gasteiger partial charge in [0.05, 0.1) is 19.6 Å². The van der Waals surface area contributed by atoms with Gasteiger partial charge in [-0.05, 0) is 19.8 Å². The summed E-state index contributed by atoms with van der Waals surface area (Å²) in [5, 5.41) is 3.08. The lowest BCUT2D eigenvalue weighted by Gasteiger charge is -2.41. The number of likely N-dealkylation sites (tertiary alicyclic amines) is 1. The Bertz CT molecular complexity index is 354. The number of piperazine rings is 1. The molecular weight excluding hydrogens is 294 g/mol. The van der Waals surface area contributed by atoms with Crippen LogP contribution < -0.4 is 5.32 Å². The molecule has 0 aromatic heterocycles. The first kappa shape index (κ1) is 18.2. The fourth-order valence-corrected chi connectivity index (χ4v) is 2.90. The summed E-state index contributed by atoms with van der Waals surface area (Å²) in [6.07, 6.45) is 2.42. The van der Waals surface area contributed by atoms with Gasteiger partial charge in [-0.1, -0.05) is 0 Å². The Labute approximate surface area is 132 Å². The van der Waals surface area contributed by atoms with Gasteiger partial charge in [0.2, 0.25) is 11.8 Å². The van der Waals surface area contributed by atoms with E-state index in [1.807, 2.05) is 16.7 Å². The molecule has 21 heavy (non-hydrogen) atoms. The molecule has 2 aliphatic heterocycles. The number of piperidine rings is 1. The zero-order valence-electron chi connectivity index (χ0n) is 12.7. The van der Waals surface area contributed by atoms with Gasteiger partial charge in [-0.2, -0.15) is 0 Å². The maximum atomic E-state index is 12.1. The van der Waals surface area contributed by atoms with Crippen LogP contribution in [0.5, 0.6) is 0 Å². The number of amides is 2. The first-order valence-corrected chi connectivity index (χ1v) is 7.58. The highest BCUT2D eigenvalue weighted by Crippen LogP contribution is 2.17. The van der Waals surface area contributed by atoms with E-state index in [2.05, 4.69) is 5.32 Å². The first-order chi connectivity index (χ1) is 9.72. The molecule has 2 aliphatic rings. The smallest absolute Gasteiger partial charge is 0.236 e. The summed E-state index contributed by atoms with van der Waals surface area (Å²) in [5.41, 5.74) is 0. The molecule has 1 N–H and O–H groups in total. The van der Waals surface area contributed by atoms with Crippen LogP contribution in [0.4, 0.5) is 0 Å². The van der Waals surface area contributed by atoms with Gasteiger partial charge in [-0.3, -0.25) is 9.59 Å². The van der Waals surface area contributed by atoms with Crippen LogP contribution in [0.15, 0.2) is 0 Å². The van der Waals surface area contributed by atoms with Crippen LogP contribution in [-0.4, -0.2) is 73.6 Å². The molecule has 122 valence electrons. The Morgan fingerprint density at radius 2 is 2.24 bits per heavy atom. The molecule has 1 atom stereocenters. The van der Waals surface area contributed by atoms with E-state index < -0.39 is 0 Å². The summed E-state index contributed by atoms with van der Waals surface area (Å²) >= 11 is 0. The quantitative estimate of drug-likeness (QED) is 0.738. The minimum atomic E-state index is 0. The molecule has 0 aromatic carbocycles. The van der Waals surface area contributed by atoms with Crippen LogP contribution in [0.1, 0.15) is 26.2 Å². The largest absolute Gasteiger partial charge is 0.381 e. The van der Waals surface area contributed by atoms with Crippen molar-refractivity contribution in [1.82, 2.24) is 15.1 Å². The standard InChI is InChI=1S/C14H25N3O3.ClH/c1-2-20-9-5-13(18)16-7-3-4-12(11-16)17-8-6-15-10-14(17)19;/h12,15H,2-11H2,1H3;1H. The van der Waals surface area contributed by atoms with Crippen molar-refractivity contribution in [2.24, 2.45) is 0 Å². The van der Waals surface area contributed by atoms with Gasteiger partial charge < -0.3 is 19.9 Å². The summed E-state index contributed by atoms with van der Waals surface area (Å²) in [5.74, 6) is 0.301. The second kappa shape index (κ2) is 9.23. The molecular formula is C14H26ClN3O3. The molecule has 2 rings (SSSR count). The van der Waals surface area contributed by atoms with Crippen LogP contribution in [0, 0.1) is 0 Å². The number of halogens is 1. The van der Waals surface area contributed by atoms with Crippen LogP contribution in [0.2, 0.25) is 0 Å². The summed E-state index contributed by atoms with van der Waals surface area (Å²) in [6, 6.07) is 0.189. The zero-order chi connectivity index (χ0) is 14.4. The van der Waals surface area contributed by atoms with Crippen LogP contribution in [0.25, 0.3) is 0 Å². The van der Waals surface area contributed by atoms with Crippen molar-refractivity contribution < 1.29 is 14.3 Å². The number of carbonyl (C=O) groups excluding carboxylic acids is 2. The van der Waals surface area contributed by atoms with Gasteiger partial charge in [0.25, 0.3) is 0 Å². The summed E-state index contributed by atoms with van der Waals surface area (Å²) in [6.45, 7) is 6.57. The predicted octanol–water partition coefficient (Wildman–Crippen LogP) is 0.258. The monoisotopic (exact) mass is 319 g/mol. The molecule has 1 unspecified atom stereocenters. The minimum Gasteiger partial charge on any atom is -0.381 e. The van der Waals surface area contributed by atoms with E-state index in [1.165, 1.54) is 0 Å². The van der Waals surface area contributed by atoms with Crippen molar-refractivity contribution in [3.63, 3.8) is 0 Å². The third kappa shape index (κ3) is 5.13. The Kier molecular flexibility index (Phi) is 8.00. The van der Waals surface area contributed by atoms with Gasteiger partial charge >= 0.3 is 0 Å². The summed E-state index contributed by atoms with van der Waals surface area (Å²) in [4.78, 5) is 27.9. The van der Waals surface area contributed by atoms with Gasteiger partial charge in [0.1, 0.15) is 0 Å². The van der Waals surface area contributed by atoms with E-state index in [4.69, 9.17) is 4.74 Å². The van der Waals surface area contributed by atoms with Crippen molar-refractivity contribution in [3.05, 3.63) is 0 Å². The number of rotatable bonds is 5. The molecule has 0 aromatic rings. The maximum Gasteiger partial charge on any atom is 0.236 e. The van der Waals surface area contributed by atoms with Crippen molar-refractivity contribution in [1.29, 1.82) is 0 Å². The molecule has 0 radical (unpaired) electrons. The summed E-state index contributed by atoms with van der Waals surface area (Å²) in [7, 11) is 0. The number of carbonyl (C=O) groups is 2. The van der Waals surface area contributed by atoms with E-state index in [0.717, 1.165) is 32.5 Å². The highest BCUT2D eigenvalue weighted by atomic mass is 35.5. The van der Waals surface area contributed by atoms with E-state index >= 15 is 0 Å². The Morgan fingerprint density at radius 1 is 1.43 bits per heavy atom. The molecule has 0 saturated carbocycles.